The fraction of sp³-hybridized carbons (Fsp3) is 0.417. The highest BCUT2D eigenvalue weighted by Gasteiger charge is 2.45. The normalized spacial score (nSPS) is 21.3. The fourth-order valence-electron chi connectivity index (χ4n) is 4.40. The molecule has 5 heteroatoms. The number of ether oxygens (including phenoxy) is 1. The zero-order chi connectivity index (χ0) is 20.4. The van der Waals surface area contributed by atoms with E-state index in [-0.39, 0.29) is 11.9 Å². The molecule has 1 saturated heterocycles. The molecule has 0 N–H and O–H groups in total. The second-order valence-corrected chi connectivity index (χ2v) is 8.24. The maximum atomic E-state index is 12.2. The van der Waals surface area contributed by atoms with Crippen LogP contribution in [0.2, 0.25) is 0 Å². The highest BCUT2D eigenvalue weighted by Crippen LogP contribution is 2.45. The molecule has 2 atom stereocenters. The van der Waals surface area contributed by atoms with E-state index < -0.39 is 0 Å². The van der Waals surface area contributed by atoms with Gasteiger partial charge in [0, 0.05) is 51.0 Å². The molecule has 1 aliphatic heterocycles. The van der Waals surface area contributed by atoms with E-state index in [1.54, 1.807) is 6.92 Å². The number of carbonyl (C=O) groups is 2. The molecule has 0 spiro atoms. The Bertz CT molecular complexity index is 859. The Balaban J connectivity index is 1.26. The van der Waals surface area contributed by atoms with Crippen molar-refractivity contribution < 1.29 is 14.3 Å². The zero-order valence-electron chi connectivity index (χ0n) is 17.1. The van der Waals surface area contributed by atoms with Crippen LogP contribution in [-0.2, 0) is 16.1 Å². The molecule has 29 heavy (non-hydrogen) atoms. The van der Waals surface area contributed by atoms with Crippen molar-refractivity contribution in [3.05, 3.63) is 71.3 Å². The van der Waals surface area contributed by atoms with Gasteiger partial charge < -0.3 is 9.64 Å². The van der Waals surface area contributed by atoms with Crippen LogP contribution in [-0.4, -0.2) is 54.5 Å². The summed E-state index contributed by atoms with van der Waals surface area (Å²) < 4.78 is 4.74. The van der Waals surface area contributed by atoms with Gasteiger partial charge in [-0.3, -0.25) is 9.69 Å². The van der Waals surface area contributed by atoms with Crippen molar-refractivity contribution in [2.75, 3.05) is 26.7 Å². The van der Waals surface area contributed by atoms with Gasteiger partial charge in [-0.25, -0.2) is 4.79 Å². The second kappa shape index (κ2) is 8.37. The summed E-state index contributed by atoms with van der Waals surface area (Å²) in [5.74, 6) is 0.902. The van der Waals surface area contributed by atoms with Gasteiger partial charge in [0.15, 0.2) is 0 Å². The van der Waals surface area contributed by atoms with Gasteiger partial charge >= 0.3 is 5.97 Å². The molecule has 0 aromatic heterocycles. The van der Waals surface area contributed by atoms with E-state index in [1.807, 2.05) is 30.3 Å². The lowest BCUT2D eigenvalue weighted by Crippen LogP contribution is -2.52. The summed E-state index contributed by atoms with van der Waals surface area (Å²) >= 11 is 0. The average molecular weight is 392 g/mol. The van der Waals surface area contributed by atoms with Crippen molar-refractivity contribution in [2.45, 2.75) is 31.8 Å². The number of hydrogen-bond donors (Lipinski definition) is 0. The van der Waals surface area contributed by atoms with Crippen LogP contribution in [0.4, 0.5) is 0 Å². The number of amides is 1. The minimum Gasteiger partial charge on any atom is -0.465 e. The Morgan fingerprint density at radius 1 is 1.07 bits per heavy atom. The summed E-state index contributed by atoms with van der Waals surface area (Å²) in [7, 11) is 1.39. The molecule has 152 valence electrons. The van der Waals surface area contributed by atoms with Gasteiger partial charge in [-0.2, -0.15) is 0 Å². The Labute approximate surface area is 172 Å². The van der Waals surface area contributed by atoms with Crippen molar-refractivity contribution >= 4 is 11.9 Å². The van der Waals surface area contributed by atoms with E-state index in [2.05, 4.69) is 34.1 Å². The van der Waals surface area contributed by atoms with Crippen LogP contribution in [0.3, 0.4) is 0 Å². The molecule has 0 bridgehead atoms. The summed E-state index contributed by atoms with van der Waals surface area (Å²) in [6.07, 6.45) is 1.08. The molecule has 1 heterocycles. The molecule has 2 fully saturated rings. The predicted octanol–water partition coefficient (Wildman–Crippen LogP) is 3.31. The molecule has 1 saturated carbocycles. The molecule has 2 aromatic carbocycles. The smallest absolute Gasteiger partial charge is 0.337 e. The van der Waals surface area contributed by atoms with Crippen LogP contribution in [0.15, 0.2) is 54.6 Å². The van der Waals surface area contributed by atoms with Crippen LogP contribution < -0.4 is 0 Å². The lowest BCUT2D eigenvalue weighted by molar-refractivity contribution is -0.131. The molecular formula is C24H28N2O3. The maximum absolute atomic E-state index is 12.2. The lowest BCUT2D eigenvalue weighted by atomic mass is 9.98. The zero-order valence-corrected chi connectivity index (χ0v) is 17.1. The average Bonchev–Trinajstić information content (AvgIpc) is 3.50. The standard InChI is InChI=1S/C24H28N2O3/c1-17(27)26(23-12-22(23)20-6-4-3-5-7-20)16-19-14-25(15-19)13-18-8-10-21(11-9-18)24(28)29-2/h3-11,19,22-23H,12-16H2,1-2H3. The number of nitrogens with zero attached hydrogens (tertiary/aromatic N) is 2. The van der Waals surface area contributed by atoms with Crippen LogP contribution >= 0.6 is 0 Å². The molecule has 5 nitrogen and oxygen atoms in total. The number of carbonyl (C=O) groups excluding carboxylic acids is 2. The van der Waals surface area contributed by atoms with E-state index in [9.17, 15) is 9.59 Å². The third-order valence-electron chi connectivity index (χ3n) is 6.06. The summed E-state index contributed by atoms with van der Waals surface area (Å²) in [4.78, 5) is 28.2. The van der Waals surface area contributed by atoms with Crippen molar-refractivity contribution in [2.24, 2.45) is 5.92 Å². The number of likely N-dealkylation sites (tertiary alicyclic amines) is 1. The van der Waals surface area contributed by atoms with Crippen molar-refractivity contribution in [3.63, 3.8) is 0 Å². The molecular weight excluding hydrogens is 364 g/mol. The predicted molar refractivity (Wildman–Crippen MR) is 112 cm³/mol. The van der Waals surface area contributed by atoms with Gasteiger partial charge in [-0.05, 0) is 29.7 Å². The molecule has 0 radical (unpaired) electrons. The van der Waals surface area contributed by atoms with Crippen molar-refractivity contribution in [3.8, 4) is 0 Å². The van der Waals surface area contributed by atoms with E-state index in [0.717, 1.165) is 32.6 Å². The summed E-state index contributed by atoms with van der Waals surface area (Å²) in [6, 6.07) is 18.5. The van der Waals surface area contributed by atoms with E-state index >= 15 is 0 Å². The van der Waals surface area contributed by atoms with Crippen molar-refractivity contribution in [1.29, 1.82) is 0 Å². The highest BCUT2D eigenvalue weighted by atomic mass is 16.5. The molecule has 2 aromatic rings. The van der Waals surface area contributed by atoms with E-state index in [1.165, 1.54) is 18.2 Å². The molecule has 2 unspecified atom stereocenters. The Morgan fingerprint density at radius 3 is 2.38 bits per heavy atom. The number of rotatable bonds is 7. The minimum atomic E-state index is -0.307. The maximum Gasteiger partial charge on any atom is 0.337 e. The Morgan fingerprint density at radius 2 is 1.76 bits per heavy atom. The topological polar surface area (TPSA) is 49.9 Å². The van der Waals surface area contributed by atoms with Crippen LogP contribution in [0.1, 0.15) is 40.7 Å². The second-order valence-electron chi connectivity index (χ2n) is 8.24. The first-order valence-corrected chi connectivity index (χ1v) is 10.3. The van der Waals surface area contributed by atoms with Gasteiger partial charge in [0.2, 0.25) is 5.91 Å². The number of methoxy groups -OCH3 is 1. The third kappa shape index (κ3) is 4.51. The summed E-state index contributed by atoms with van der Waals surface area (Å²) in [6.45, 7) is 5.42. The highest BCUT2D eigenvalue weighted by molar-refractivity contribution is 5.89. The van der Waals surface area contributed by atoms with Gasteiger partial charge in [0.05, 0.1) is 12.7 Å². The van der Waals surface area contributed by atoms with Crippen LogP contribution in [0, 0.1) is 5.92 Å². The minimum absolute atomic E-state index is 0.185. The van der Waals surface area contributed by atoms with Crippen LogP contribution in [0.25, 0.3) is 0 Å². The number of benzene rings is 2. The third-order valence-corrected chi connectivity index (χ3v) is 6.06. The molecule has 1 amide bonds. The first-order valence-electron chi connectivity index (χ1n) is 10.3. The first-order chi connectivity index (χ1) is 14.0. The molecule has 2 aliphatic rings. The summed E-state index contributed by atoms with van der Waals surface area (Å²) in [5.41, 5.74) is 3.10. The van der Waals surface area contributed by atoms with E-state index in [4.69, 9.17) is 4.74 Å². The SMILES string of the molecule is COC(=O)c1ccc(CN2CC(CN(C(C)=O)C3CC3c3ccccc3)C2)cc1. The van der Waals surface area contributed by atoms with Gasteiger partial charge in [0.25, 0.3) is 0 Å². The van der Waals surface area contributed by atoms with Gasteiger partial charge in [0.1, 0.15) is 0 Å². The largest absolute Gasteiger partial charge is 0.465 e. The first kappa shape index (κ1) is 19.6. The fourth-order valence-corrected chi connectivity index (χ4v) is 4.40. The number of hydrogen-bond acceptors (Lipinski definition) is 4. The van der Waals surface area contributed by atoms with Gasteiger partial charge in [-0.1, -0.05) is 42.5 Å². The lowest BCUT2D eigenvalue weighted by Gasteiger charge is -2.41. The van der Waals surface area contributed by atoms with Gasteiger partial charge in [-0.15, -0.1) is 0 Å². The number of esters is 1. The molecule has 1 aliphatic carbocycles. The Hall–Kier alpha value is -2.66. The quantitative estimate of drug-likeness (QED) is 0.679. The van der Waals surface area contributed by atoms with Crippen molar-refractivity contribution in [1.82, 2.24) is 9.80 Å². The van der Waals surface area contributed by atoms with Crippen LogP contribution in [0.5, 0.6) is 0 Å². The Kier molecular flexibility index (Phi) is 5.67. The summed E-state index contributed by atoms with van der Waals surface area (Å²) in [5, 5.41) is 0. The monoisotopic (exact) mass is 392 g/mol. The van der Waals surface area contributed by atoms with E-state index in [0.29, 0.717) is 23.4 Å². The molecule has 4 rings (SSSR count).